The lowest BCUT2D eigenvalue weighted by Gasteiger charge is -2.35. The number of amidine groups is 1. The van der Waals surface area contributed by atoms with E-state index in [4.69, 9.17) is 9.57 Å². The molecule has 176 valence electrons. The molecule has 1 atom stereocenters. The van der Waals surface area contributed by atoms with E-state index in [0.29, 0.717) is 11.6 Å². The number of methoxy groups -OCH3 is 1. The van der Waals surface area contributed by atoms with Crippen molar-refractivity contribution >= 4 is 17.9 Å². The number of aryl methyl sites for hydroxylation is 1. The predicted molar refractivity (Wildman–Crippen MR) is 127 cm³/mol. The number of urea groups is 1. The second-order valence-electron chi connectivity index (χ2n) is 7.88. The first-order chi connectivity index (χ1) is 16.4. The molecule has 0 radical (unpaired) electrons. The molecule has 4 rings (SSSR count). The third-order valence-electron chi connectivity index (χ3n) is 5.62. The molecular formula is C25H26FN5O3. The van der Waals surface area contributed by atoms with Crippen molar-refractivity contribution in [1.29, 1.82) is 0 Å². The van der Waals surface area contributed by atoms with Gasteiger partial charge in [-0.1, -0.05) is 23.4 Å². The Kier molecular flexibility index (Phi) is 6.62. The lowest BCUT2D eigenvalue weighted by Crippen LogP contribution is -2.52. The molecule has 0 saturated carbocycles. The summed E-state index contributed by atoms with van der Waals surface area (Å²) in [5, 5.41) is 7.05. The van der Waals surface area contributed by atoms with E-state index in [1.807, 2.05) is 48.9 Å². The Morgan fingerprint density at radius 1 is 1.21 bits per heavy atom. The lowest BCUT2D eigenvalue weighted by molar-refractivity contribution is 0.189. The van der Waals surface area contributed by atoms with Gasteiger partial charge in [-0.05, 0) is 55.3 Å². The number of carbonyl (C=O) groups is 1. The number of imidazole rings is 1. The number of hydrogen-bond donors (Lipinski definition) is 1. The summed E-state index contributed by atoms with van der Waals surface area (Å²) in [6, 6.07) is 11.1. The molecule has 0 bridgehead atoms. The number of oxime groups is 1. The molecule has 9 heteroatoms. The molecule has 1 aliphatic heterocycles. The molecule has 2 amide bonds. The third kappa shape index (κ3) is 4.63. The molecule has 34 heavy (non-hydrogen) atoms. The SMILES string of the molecule is CON=C1C(=Cc2ccc(-n3cnc(C)c3)c(OC)c2)CNC(=O)N1C(C)c1ccc(F)cc1. The van der Waals surface area contributed by atoms with E-state index in [0.717, 1.165) is 28.1 Å². The van der Waals surface area contributed by atoms with Crippen LogP contribution in [-0.4, -0.2) is 47.1 Å². The second kappa shape index (κ2) is 9.78. The van der Waals surface area contributed by atoms with Gasteiger partial charge in [-0.2, -0.15) is 0 Å². The van der Waals surface area contributed by atoms with Crippen LogP contribution in [0.3, 0.4) is 0 Å². The summed E-state index contributed by atoms with van der Waals surface area (Å²) in [6.07, 6.45) is 5.58. The zero-order chi connectivity index (χ0) is 24.2. The molecule has 3 aromatic rings. The number of nitrogens with zero attached hydrogens (tertiary/aromatic N) is 4. The Balaban J connectivity index is 1.70. The fourth-order valence-corrected chi connectivity index (χ4v) is 3.89. The van der Waals surface area contributed by atoms with Gasteiger partial charge in [0.2, 0.25) is 0 Å². The fourth-order valence-electron chi connectivity index (χ4n) is 3.89. The minimum absolute atomic E-state index is 0.276. The molecule has 1 saturated heterocycles. The fraction of sp³-hybridized carbons (Fsp3) is 0.240. The Labute approximate surface area is 197 Å². The van der Waals surface area contributed by atoms with E-state index >= 15 is 0 Å². The quantitative estimate of drug-likeness (QED) is 0.548. The van der Waals surface area contributed by atoms with E-state index in [2.05, 4.69) is 15.5 Å². The van der Waals surface area contributed by atoms with Gasteiger partial charge in [0.15, 0.2) is 5.84 Å². The van der Waals surface area contributed by atoms with Crippen LogP contribution >= 0.6 is 0 Å². The van der Waals surface area contributed by atoms with Crippen molar-refractivity contribution < 1.29 is 18.8 Å². The predicted octanol–water partition coefficient (Wildman–Crippen LogP) is 4.46. The van der Waals surface area contributed by atoms with E-state index in [9.17, 15) is 9.18 Å². The molecule has 0 spiro atoms. The topological polar surface area (TPSA) is 81.0 Å². The maximum atomic E-state index is 13.4. The van der Waals surface area contributed by atoms with Crippen molar-refractivity contribution in [1.82, 2.24) is 19.8 Å². The van der Waals surface area contributed by atoms with Crippen molar-refractivity contribution in [2.45, 2.75) is 19.9 Å². The molecule has 0 aliphatic carbocycles. The third-order valence-corrected chi connectivity index (χ3v) is 5.62. The van der Waals surface area contributed by atoms with Gasteiger partial charge in [-0.15, -0.1) is 0 Å². The molecule has 1 unspecified atom stereocenters. The highest BCUT2D eigenvalue weighted by Gasteiger charge is 2.33. The maximum Gasteiger partial charge on any atom is 0.324 e. The Morgan fingerprint density at radius 3 is 2.62 bits per heavy atom. The molecule has 1 N–H and O–H groups in total. The molecular weight excluding hydrogens is 437 g/mol. The van der Waals surface area contributed by atoms with Crippen molar-refractivity contribution in [3.8, 4) is 11.4 Å². The number of halogens is 1. The van der Waals surface area contributed by atoms with E-state index in [1.54, 1.807) is 25.6 Å². The number of hydrogen-bond acceptors (Lipinski definition) is 5. The van der Waals surface area contributed by atoms with Gasteiger partial charge in [-0.25, -0.2) is 14.2 Å². The summed E-state index contributed by atoms with van der Waals surface area (Å²) in [5.74, 6) is 0.721. The van der Waals surface area contributed by atoms with Crippen LogP contribution in [0.25, 0.3) is 11.8 Å². The minimum atomic E-state index is -0.403. The number of nitrogens with one attached hydrogen (secondary N) is 1. The van der Waals surface area contributed by atoms with Gasteiger partial charge >= 0.3 is 6.03 Å². The van der Waals surface area contributed by atoms with Crippen molar-refractivity contribution in [3.63, 3.8) is 0 Å². The molecule has 2 heterocycles. The Hall–Kier alpha value is -4.14. The number of rotatable bonds is 6. The van der Waals surface area contributed by atoms with Crippen LogP contribution in [0, 0.1) is 12.7 Å². The monoisotopic (exact) mass is 463 g/mol. The average Bonchev–Trinajstić information content (AvgIpc) is 3.27. The van der Waals surface area contributed by atoms with Gasteiger partial charge in [0.25, 0.3) is 0 Å². The normalized spacial score (nSPS) is 17.1. The summed E-state index contributed by atoms with van der Waals surface area (Å²) in [4.78, 5) is 23.7. The van der Waals surface area contributed by atoms with Gasteiger partial charge in [0.05, 0.1) is 30.9 Å². The molecule has 2 aromatic carbocycles. The summed E-state index contributed by atoms with van der Waals surface area (Å²) in [5.41, 5.74) is 4.15. The van der Waals surface area contributed by atoms with E-state index in [-0.39, 0.29) is 18.4 Å². The standard InChI is InChI=1S/C25H26FN5O3/c1-16-14-30(15-28-16)22-10-5-18(12-23(22)33-3)11-20-13-27-25(32)31(24(20)29-34-4)17(2)19-6-8-21(26)9-7-19/h5-12,14-15,17H,13H2,1-4H3,(H,27,32). The summed E-state index contributed by atoms with van der Waals surface area (Å²) >= 11 is 0. The molecule has 1 fully saturated rings. The van der Waals surface area contributed by atoms with Crippen LogP contribution in [0.4, 0.5) is 9.18 Å². The highest BCUT2D eigenvalue weighted by Crippen LogP contribution is 2.29. The summed E-state index contributed by atoms with van der Waals surface area (Å²) in [7, 11) is 3.05. The van der Waals surface area contributed by atoms with Crippen LogP contribution in [0.15, 0.2) is 65.7 Å². The summed E-state index contributed by atoms with van der Waals surface area (Å²) in [6.45, 7) is 4.05. The lowest BCUT2D eigenvalue weighted by atomic mass is 10.0. The molecule has 1 aromatic heterocycles. The zero-order valence-electron chi connectivity index (χ0n) is 19.4. The number of amides is 2. The number of ether oxygens (including phenoxy) is 1. The maximum absolute atomic E-state index is 13.4. The largest absolute Gasteiger partial charge is 0.495 e. The first-order valence-corrected chi connectivity index (χ1v) is 10.7. The molecule has 8 nitrogen and oxygen atoms in total. The van der Waals surface area contributed by atoms with E-state index < -0.39 is 6.04 Å². The average molecular weight is 464 g/mol. The van der Waals surface area contributed by atoms with Crippen LogP contribution < -0.4 is 10.1 Å². The summed E-state index contributed by atoms with van der Waals surface area (Å²) < 4.78 is 20.9. The van der Waals surface area contributed by atoms with Crippen LogP contribution in [0.1, 0.15) is 29.8 Å². The number of aromatic nitrogens is 2. The van der Waals surface area contributed by atoms with Gasteiger partial charge in [-0.3, -0.25) is 4.90 Å². The molecule has 1 aliphatic rings. The number of carbonyl (C=O) groups excluding carboxylic acids is 1. The zero-order valence-corrected chi connectivity index (χ0v) is 19.4. The number of benzene rings is 2. The highest BCUT2D eigenvalue weighted by molar-refractivity contribution is 6.12. The Morgan fingerprint density at radius 2 is 1.97 bits per heavy atom. The van der Waals surface area contributed by atoms with Crippen molar-refractivity contribution in [2.75, 3.05) is 20.8 Å². The first kappa shape index (κ1) is 23.0. The van der Waals surface area contributed by atoms with Gasteiger partial charge < -0.3 is 19.5 Å². The Bertz CT molecular complexity index is 1250. The smallest absolute Gasteiger partial charge is 0.324 e. The minimum Gasteiger partial charge on any atom is -0.495 e. The van der Waals surface area contributed by atoms with Crippen LogP contribution in [0.5, 0.6) is 5.75 Å². The van der Waals surface area contributed by atoms with Gasteiger partial charge in [0.1, 0.15) is 18.7 Å². The van der Waals surface area contributed by atoms with Crippen molar-refractivity contribution in [2.24, 2.45) is 5.16 Å². The van der Waals surface area contributed by atoms with Crippen molar-refractivity contribution in [3.05, 3.63) is 83.2 Å². The first-order valence-electron chi connectivity index (χ1n) is 10.7. The van der Waals surface area contributed by atoms with Crippen LogP contribution in [-0.2, 0) is 4.84 Å². The van der Waals surface area contributed by atoms with Crippen LogP contribution in [0.2, 0.25) is 0 Å². The highest BCUT2D eigenvalue weighted by atomic mass is 19.1. The van der Waals surface area contributed by atoms with E-state index in [1.165, 1.54) is 24.1 Å². The second-order valence-corrected chi connectivity index (χ2v) is 7.88. The van der Waals surface area contributed by atoms with Gasteiger partial charge in [0, 0.05) is 18.3 Å².